The van der Waals surface area contributed by atoms with Gasteiger partial charge in [0.1, 0.15) is 11.4 Å². The minimum Gasteiger partial charge on any atom is -0.311 e. The van der Waals surface area contributed by atoms with Crippen molar-refractivity contribution >= 4 is 0 Å². The summed E-state index contributed by atoms with van der Waals surface area (Å²) in [4.78, 5) is 3.97. The van der Waals surface area contributed by atoms with Gasteiger partial charge in [0.2, 0.25) is 0 Å². The topological polar surface area (TPSA) is 63.8 Å². The standard InChI is InChI=1S/C11H14N4O/c1-9-11(15-16-14-9)8-13-7-4-10-2-5-12-6-3-10/h2-3,5-6,13H,4,7-8H2,1H3. The van der Waals surface area contributed by atoms with E-state index in [4.69, 9.17) is 0 Å². The summed E-state index contributed by atoms with van der Waals surface area (Å²) in [5.74, 6) is 0. The molecule has 0 spiro atoms. The van der Waals surface area contributed by atoms with Gasteiger partial charge < -0.3 is 5.32 Å². The molecule has 84 valence electrons. The number of hydrogen-bond donors (Lipinski definition) is 1. The van der Waals surface area contributed by atoms with Crippen LogP contribution in [0, 0.1) is 6.92 Å². The molecule has 5 heteroatoms. The molecule has 0 saturated carbocycles. The van der Waals surface area contributed by atoms with Crippen LogP contribution in [0.5, 0.6) is 0 Å². The fourth-order valence-corrected chi connectivity index (χ4v) is 1.40. The fraction of sp³-hybridized carbons (Fsp3) is 0.364. The Morgan fingerprint density at radius 3 is 2.75 bits per heavy atom. The van der Waals surface area contributed by atoms with Crippen LogP contribution in [0.1, 0.15) is 17.0 Å². The lowest BCUT2D eigenvalue weighted by Crippen LogP contribution is -2.17. The van der Waals surface area contributed by atoms with Crippen molar-refractivity contribution < 1.29 is 4.63 Å². The highest BCUT2D eigenvalue weighted by atomic mass is 16.6. The van der Waals surface area contributed by atoms with Gasteiger partial charge in [-0.1, -0.05) is 10.3 Å². The molecular formula is C11H14N4O. The molecule has 0 aliphatic rings. The zero-order chi connectivity index (χ0) is 11.2. The number of aryl methyl sites for hydroxylation is 1. The lowest BCUT2D eigenvalue weighted by atomic mass is 10.2. The molecule has 0 fully saturated rings. The van der Waals surface area contributed by atoms with E-state index in [0.29, 0.717) is 6.54 Å². The van der Waals surface area contributed by atoms with E-state index in [1.54, 1.807) is 12.4 Å². The summed E-state index contributed by atoms with van der Waals surface area (Å²) in [5, 5.41) is 10.8. The van der Waals surface area contributed by atoms with Gasteiger partial charge in [0, 0.05) is 18.9 Å². The van der Waals surface area contributed by atoms with Crippen molar-refractivity contribution in [3.05, 3.63) is 41.5 Å². The summed E-state index contributed by atoms with van der Waals surface area (Å²) in [6.45, 7) is 3.48. The van der Waals surface area contributed by atoms with E-state index in [0.717, 1.165) is 24.4 Å². The summed E-state index contributed by atoms with van der Waals surface area (Å²) in [6.07, 6.45) is 4.59. The second-order valence-electron chi connectivity index (χ2n) is 3.58. The van der Waals surface area contributed by atoms with E-state index in [9.17, 15) is 0 Å². The average molecular weight is 218 g/mol. The summed E-state index contributed by atoms with van der Waals surface area (Å²) >= 11 is 0. The quantitative estimate of drug-likeness (QED) is 0.761. The summed E-state index contributed by atoms with van der Waals surface area (Å²) in [5.41, 5.74) is 2.99. The Kier molecular flexibility index (Phi) is 3.61. The molecule has 0 aliphatic carbocycles. The van der Waals surface area contributed by atoms with Crippen LogP contribution in [-0.4, -0.2) is 21.8 Å². The molecule has 0 aromatic carbocycles. The monoisotopic (exact) mass is 218 g/mol. The van der Waals surface area contributed by atoms with Gasteiger partial charge in [-0.15, -0.1) is 0 Å². The average Bonchev–Trinajstić information content (AvgIpc) is 2.72. The van der Waals surface area contributed by atoms with Gasteiger partial charge in [-0.2, -0.15) is 0 Å². The number of nitrogens with one attached hydrogen (secondary N) is 1. The Labute approximate surface area is 93.9 Å². The number of rotatable bonds is 5. The lowest BCUT2D eigenvalue weighted by molar-refractivity contribution is 0.300. The van der Waals surface area contributed by atoms with Crippen LogP contribution in [-0.2, 0) is 13.0 Å². The van der Waals surface area contributed by atoms with E-state index in [2.05, 4.69) is 25.2 Å². The number of aromatic nitrogens is 3. The van der Waals surface area contributed by atoms with E-state index < -0.39 is 0 Å². The molecule has 0 unspecified atom stereocenters. The molecular weight excluding hydrogens is 204 g/mol. The van der Waals surface area contributed by atoms with Crippen molar-refractivity contribution in [3.63, 3.8) is 0 Å². The SMILES string of the molecule is Cc1nonc1CNCCc1ccncc1. The molecule has 2 heterocycles. The van der Waals surface area contributed by atoms with Crippen LogP contribution in [0.15, 0.2) is 29.2 Å². The van der Waals surface area contributed by atoms with Crippen LogP contribution in [0.4, 0.5) is 0 Å². The van der Waals surface area contributed by atoms with Crippen LogP contribution in [0.2, 0.25) is 0 Å². The molecule has 1 N–H and O–H groups in total. The molecule has 16 heavy (non-hydrogen) atoms. The van der Waals surface area contributed by atoms with E-state index in [1.165, 1.54) is 5.56 Å². The van der Waals surface area contributed by atoms with Gasteiger partial charge in [-0.3, -0.25) is 4.98 Å². The summed E-state index contributed by atoms with van der Waals surface area (Å²) in [6, 6.07) is 4.04. The molecule has 0 amide bonds. The highest BCUT2D eigenvalue weighted by molar-refractivity contribution is 5.10. The predicted octanol–water partition coefficient (Wildman–Crippen LogP) is 1.11. The van der Waals surface area contributed by atoms with E-state index >= 15 is 0 Å². The number of hydrogen-bond acceptors (Lipinski definition) is 5. The Bertz CT molecular complexity index is 427. The molecule has 0 saturated heterocycles. The maximum absolute atomic E-state index is 4.61. The van der Waals surface area contributed by atoms with E-state index in [-0.39, 0.29) is 0 Å². The van der Waals surface area contributed by atoms with Crippen molar-refractivity contribution in [1.82, 2.24) is 20.6 Å². The van der Waals surface area contributed by atoms with Gasteiger partial charge in [-0.05, 0) is 37.6 Å². The predicted molar refractivity (Wildman–Crippen MR) is 58.7 cm³/mol. The Morgan fingerprint density at radius 2 is 2.06 bits per heavy atom. The third kappa shape index (κ3) is 2.87. The molecule has 0 radical (unpaired) electrons. The normalized spacial score (nSPS) is 10.6. The van der Waals surface area contributed by atoms with Crippen molar-refractivity contribution in [2.24, 2.45) is 0 Å². The molecule has 2 aromatic heterocycles. The minimum atomic E-state index is 0.695. The first kappa shape index (κ1) is 10.8. The largest absolute Gasteiger partial charge is 0.311 e. The Morgan fingerprint density at radius 1 is 1.25 bits per heavy atom. The Balaban J connectivity index is 1.72. The minimum absolute atomic E-state index is 0.695. The molecule has 2 aromatic rings. The van der Waals surface area contributed by atoms with Crippen LogP contribution < -0.4 is 5.32 Å². The van der Waals surface area contributed by atoms with Crippen molar-refractivity contribution in [2.75, 3.05) is 6.54 Å². The summed E-state index contributed by atoms with van der Waals surface area (Å²) in [7, 11) is 0. The first-order valence-electron chi connectivity index (χ1n) is 5.24. The first-order chi connectivity index (χ1) is 7.86. The number of pyridine rings is 1. The maximum Gasteiger partial charge on any atom is 0.121 e. The second kappa shape index (κ2) is 5.37. The van der Waals surface area contributed by atoms with Gasteiger partial charge in [0.15, 0.2) is 0 Å². The van der Waals surface area contributed by atoms with Crippen LogP contribution in [0.25, 0.3) is 0 Å². The zero-order valence-electron chi connectivity index (χ0n) is 9.18. The van der Waals surface area contributed by atoms with Crippen LogP contribution >= 0.6 is 0 Å². The number of nitrogens with zero attached hydrogens (tertiary/aromatic N) is 3. The highest BCUT2D eigenvalue weighted by Gasteiger charge is 2.03. The third-order valence-electron chi connectivity index (χ3n) is 2.38. The maximum atomic E-state index is 4.61. The lowest BCUT2D eigenvalue weighted by Gasteiger charge is -2.02. The molecule has 0 atom stereocenters. The molecule has 0 aliphatic heterocycles. The smallest absolute Gasteiger partial charge is 0.121 e. The third-order valence-corrected chi connectivity index (χ3v) is 2.38. The second-order valence-corrected chi connectivity index (χ2v) is 3.58. The van der Waals surface area contributed by atoms with E-state index in [1.807, 2.05) is 19.1 Å². The van der Waals surface area contributed by atoms with Gasteiger partial charge in [0.25, 0.3) is 0 Å². The van der Waals surface area contributed by atoms with Gasteiger partial charge in [-0.25, -0.2) is 4.63 Å². The Hall–Kier alpha value is -1.75. The van der Waals surface area contributed by atoms with Gasteiger partial charge in [0.05, 0.1) is 0 Å². The van der Waals surface area contributed by atoms with Crippen LogP contribution in [0.3, 0.4) is 0 Å². The first-order valence-corrected chi connectivity index (χ1v) is 5.24. The molecule has 5 nitrogen and oxygen atoms in total. The van der Waals surface area contributed by atoms with Gasteiger partial charge >= 0.3 is 0 Å². The van der Waals surface area contributed by atoms with Crippen molar-refractivity contribution in [2.45, 2.75) is 19.9 Å². The van der Waals surface area contributed by atoms with Crippen molar-refractivity contribution in [1.29, 1.82) is 0 Å². The van der Waals surface area contributed by atoms with Crippen molar-refractivity contribution in [3.8, 4) is 0 Å². The molecule has 2 rings (SSSR count). The summed E-state index contributed by atoms with van der Waals surface area (Å²) < 4.78 is 4.61. The highest BCUT2D eigenvalue weighted by Crippen LogP contribution is 2.00. The fourth-order valence-electron chi connectivity index (χ4n) is 1.40. The zero-order valence-corrected chi connectivity index (χ0v) is 9.18. The molecule has 0 bridgehead atoms.